The predicted molar refractivity (Wildman–Crippen MR) is 166 cm³/mol. The summed E-state index contributed by atoms with van der Waals surface area (Å²) >= 11 is 0. The fraction of sp³-hybridized carbons (Fsp3) is 0.417. The number of phenolic OH excluding ortho intramolecular Hbond substituents is 1. The molecule has 4 atom stereocenters. The van der Waals surface area contributed by atoms with Crippen LogP contribution in [0.25, 0.3) is 16.9 Å². The first-order chi connectivity index (χ1) is 20.5. The number of aliphatic hydroxyl groups is 3. The molecular weight excluding hydrogens is 560 g/mol. The molecule has 3 aliphatic rings. The molecule has 0 spiro atoms. The summed E-state index contributed by atoms with van der Waals surface area (Å²) in [6, 6.07) is 11.1. The van der Waals surface area contributed by atoms with Gasteiger partial charge in [0.1, 0.15) is 22.8 Å². The Labute approximate surface area is 257 Å². The molecule has 0 heterocycles. The van der Waals surface area contributed by atoms with E-state index in [0.717, 1.165) is 29.2 Å². The highest BCUT2D eigenvalue weighted by atomic mass is 16.5. The minimum atomic E-state index is -2.63. The lowest BCUT2D eigenvalue weighted by Crippen LogP contribution is -2.69. The minimum Gasteiger partial charge on any atom is -0.508 e. The van der Waals surface area contributed by atoms with Crippen LogP contribution in [0.2, 0.25) is 0 Å². The van der Waals surface area contributed by atoms with E-state index >= 15 is 0 Å². The summed E-state index contributed by atoms with van der Waals surface area (Å²) in [6.07, 6.45) is 0.900. The van der Waals surface area contributed by atoms with Gasteiger partial charge >= 0.3 is 0 Å². The Morgan fingerprint density at radius 2 is 1.70 bits per heavy atom. The molecule has 8 heteroatoms. The molecule has 8 nitrogen and oxygen atoms in total. The predicted octanol–water partition coefficient (Wildman–Crippen LogP) is 5.60. The van der Waals surface area contributed by atoms with Crippen LogP contribution in [-0.4, -0.2) is 57.1 Å². The van der Waals surface area contributed by atoms with Crippen LogP contribution in [0.1, 0.15) is 57.7 Å². The van der Waals surface area contributed by atoms with Gasteiger partial charge in [0.15, 0.2) is 17.2 Å². The molecule has 0 amide bonds. The molecule has 1 saturated carbocycles. The third-order valence-electron chi connectivity index (χ3n) is 9.96. The largest absolute Gasteiger partial charge is 0.508 e. The maximum atomic E-state index is 14.5. The summed E-state index contributed by atoms with van der Waals surface area (Å²) in [5.41, 5.74) is -1.67. The molecule has 4 N–H and O–H groups in total. The molecule has 232 valence electrons. The number of carbonyl (C=O) groups excluding carboxylic acids is 3. The number of fused-ring (bicyclic) bond motifs is 3. The number of hydrogen-bond acceptors (Lipinski definition) is 8. The number of phenols is 1. The maximum absolute atomic E-state index is 14.5. The van der Waals surface area contributed by atoms with Gasteiger partial charge in [-0.15, -0.1) is 0 Å². The van der Waals surface area contributed by atoms with Gasteiger partial charge in [0.2, 0.25) is 5.78 Å². The van der Waals surface area contributed by atoms with Gasteiger partial charge in [-0.3, -0.25) is 14.4 Å². The van der Waals surface area contributed by atoms with Gasteiger partial charge in [-0.1, -0.05) is 64.6 Å². The van der Waals surface area contributed by atoms with E-state index in [9.17, 15) is 34.8 Å². The zero-order chi connectivity index (χ0) is 32.5. The number of ketones is 3. The summed E-state index contributed by atoms with van der Waals surface area (Å²) in [4.78, 5) is 40.7. The average Bonchev–Trinajstić information content (AvgIpc) is 2.91. The zero-order valence-corrected chi connectivity index (χ0v) is 26.1. The molecule has 1 unspecified atom stereocenters. The lowest BCUT2D eigenvalue weighted by molar-refractivity contribution is -0.178. The van der Waals surface area contributed by atoms with E-state index in [1.54, 1.807) is 40.9 Å². The van der Waals surface area contributed by atoms with E-state index in [0.29, 0.717) is 18.6 Å². The molecule has 3 aliphatic carbocycles. The highest BCUT2D eigenvalue weighted by Gasteiger charge is 2.72. The van der Waals surface area contributed by atoms with E-state index in [1.165, 1.54) is 6.07 Å². The van der Waals surface area contributed by atoms with Gasteiger partial charge in [-0.2, -0.15) is 0 Å². The first-order valence-electron chi connectivity index (χ1n) is 14.8. The van der Waals surface area contributed by atoms with Crippen molar-refractivity contribution < 1.29 is 39.5 Å². The van der Waals surface area contributed by atoms with Gasteiger partial charge in [-0.25, -0.2) is 0 Å². The van der Waals surface area contributed by atoms with Crippen LogP contribution in [0.4, 0.5) is 0 Å². The number of carbonyl (C=O) groups is 3. The lowest BCUT2D eigenvalue weighted by atomic mass is 9.43. The molecule has 1 fully saturated rings. The highest BCUT2D eigenvalue weighted by molar-refractivity contribution is 6.24. The SMILES string of the molecule is C=C(COC)Cc1ccc(-c2ccc(O)c3c2C[C@]2(C)C[C@]4(C)C(C(C)C)C(=O)C(C(C)=O)=C(O)[C@]4(O)C(=O)C2=C3O)cc1. The second kappa shape index (κ2) is 10.6. The quantitative estimate of drug-likeness (QED) is 0.238. The Morgan fingerprint density at radius 3 is 2.27 bits per heavy atom. The number of methoxy groups -OCH3 is 1. The fourth-order valence-electron chi connectivity index (χ4n) is 8.33. The van der Waals surface area contributed by atoms with Gasteiger partial charge in [0.25, 0.3) is 0 Å². The van der Waals surface area contributed by atoms with Crippen molar-refractivity contribution in [2.24, 2.45) is 22.7 Å². The van der Waals surface area contributed by atoms with Crippen molar-refractivity contribution in [1.29, 1.82) is 0 Å². The van der Waals surface area contributed by atoms with Crippen molar-refractivity contribution in [3.63, 3.8) is 0 Å². The normalized spacial score (nSPS) is 28.1. The van der Waals surface area contributed by atoms with Crippen LogP contribution in [-0.2, 0) is 32.0 Å². The Morgan fingerprint density at radius 1 is 1.07 bits per heavy atom. The molecule has 0 bridgehead atoms. The number of Topliss-reactive ketones (excluding diaryl/α,β-unsaturated/α-hetero) is 3. The van der Waals surface area contributed by atoms with Crippen LogP contribution >= 0.6 is 0 Å². The first-order valence-corrected chi connectivity index (χ1v) is 14.8. The minimum absolute atomic E-state index is 0.0422. The fourth-order valence-corrected chi connectivity index (χ4v) is 8.33. The van der Waals surface area contributed by atoms with E-state index < -0.39 is 56.8 Å². The molecule has 0 aromatic heterocycles. The van der Waals surface area contributed by atoms with Gasteiger partial charge in [0, 0.05) is 29.4 Å². The summed E-state index contributed by atoms with van der Waals surface area (Å²) in [5.74, 6) is -5.37. The second-order valence-electron chi connectivity index (χ2n) is 13.5. The third kappa shape index (κ3) is 4.30. The van der Waals surface area contributed by atoms with E-state index in [2.05, 4.69) is 6.58 Å². The Bertz CT molecular complexity index is 1680. The third-order valence-corrected chi connectivity index (χ3v) is 9.96. The molecule has 2 aromatic rings. The second-order valence-corrected chi connectivity index (χ2v) is 13.5. The number of hydrogen-bond donors (Lipinski definition) is 4. The van der Waals surface area contributed by atoms with E-state index in [-0.39, 0.29) is 35.6 Å². The van der Waals surface area contributed by atoms with Crippen LogP contribution < -0.4 is 0 Å². The molecule has 0 aliphatic heterocycles. The Balaban J connectivity index is 1.70. The van der Waals surface area contributed by atoms with Crippen molar-refractivity contribution in [3.8, 4) is 16.9 Å². The summed E-state index contributed by atoms with van der Waals surface area (Å²) in [6.45, 7) is 12.6. The average molecular weight is 601 g/mol. The number of allylic oxidation sites excluding steroid dienone is 1. The van der Waals surface area contributed by atoms with Gasteiger partial charge < -0.3 is 25.2 Å². The standard InChI is InChI=1S/C36H40O8/c1-18(2)28-30(39)26(20(4)37)32(41)36(43)33(42)29-31(40)27-24(15-34(29,5)17-35(28,36)6)23(12-13-25(27)38)22-10-8-21(9-11-22)14-19(3)16-44-7/h8-13,18,28,38,40-41,43H,3,14-17H2,1-2,4-7H3/t28?,34-,35-,36+/m1/s1. The number of ether oxygens (including phenoxy) is 1. The van der Waals surface area contributed by atoms with Crippen LogP contribution in [0.3, 0.4) is 0 Å². The van der Waals surface area contributed by atoms with Crippen molar-refractivity contribution in [2.45, 2.75) is 59.5 Å². The van der Waals surface area contributed by atoms with Crippen LogP contribution in [0.15, 0.2) is 65.5 Å². The summed E-state index contributed by atoms with van der Waals surface area (Å²) in [5, 5.41) is 46.2. The maximum Gasteiger partial charge on any atom is 0.203 e. The molecule has 0 radical (unpaired) electrons. The van der Waals surface area contributed by atoms with E-state index in [1.807, 2.05) is 24.3 Å². The van der Waals surface area contributed by atoms with Gasteiger partial charge in [0.05, 0.1) is 12.2 Å². The lowest BCUT2D eigenvalue weighted by Gasteiger charge is -2.59. The molecular formula is C36H40O8. The number of aromatic hydroxyl groups is 1. The molecule has 2 aromatic carbocycles. The number of benzene rings is 2. The molecule has 0 saturated heterocycles. The smallest absolute Gasteiger partial charge is 0.203 e. The monoisotopic (exact) mass is 600 g/mol. The summed E-state index contributed by atoms with van der Waals surface area (Å²) < 4.78 is 5.17. The molecule has 5 rings (SSSR count). The number of rotatable bonds is 7. The van der Waals surface area contributed by atoms with Crippen molar-refractivity contribution in [2.75, 3.05) is 13.7 Å². The Kier molecular flexibility index (Phi) is 7.54. The van der Waals surface area contributed by atoms with Crippen molar-refractivity contribution >= 4 is 23.1 Å². The Hall–Kier alpha value is -4.01. The van der Waals surface area contributed by atoms with Crippen LogP contribution in [0, 0.1) is 22.7 Å². The topological polar surface area (TPSA) is 141 Å². The first kappa shape index (κ1) is 31.4. The van der Waals surface area contributed by atoms with Crippen molar-refractivity contribution in [1.82, 2.24) is 0 Å². The molecule has 44 heavy (non-hydrogen) atoms. The van der Waals surface area contributed by atoms with Gasteiger partial charge in [-0.05, 0) is 66.0 Å². The highest BCUT2D eigenvalue weighted by Crippen LogP contribution is 2.65. The number of aliphatic hydroxyl groups excluding tert-OH is 2. The van der Waals surface area contributed by atoms with Crippen LogP contribution in [0.5, 0.6) is 5.75 Å². The zero-order valence-electron chi connectivity index (χ0n) is 26.1. The summed E-state index contributed by atoms with van der Waals surface area (Å²) in [7, 11) is 1.62. The van der Waals surface area contributed by atoms with E-state index in [4.69, 9.17) is 4.74 Å². The van der Waals surface area contributed by atoms with Crippen molar-refractivity contribution in [3.05, 3.63) is 82.1 Å².